The average molecular weight is 174 g/mol. The topological polar surface area (TPSA) is 12.4 Å². The van der Waals surface area contributed by atoms with Crippen LogP contribution in [0, 0.1) is 0 Å². The van der Waals surface area contributed by atoms with Crippen LogP contribution in [0.1, 0.15) is 25.7 Å². The molecule has 0 aromatic carbocycles. The molecule has 1 nitrogen and oxygen atoms in total. The van der Waals surface area contributed by atoms with Crippen molar-refractivity contribution in [3.63, 3.8) is 0 Å². The number of nitrogens with zero attached hydrogens (tertiary/aromatic N) is 1. The fraction of sp³-hybridized carbons (Fsp3) is 0.833. The van der Waals surface area contributed by atoms with Gasteiger partial charge >= 0.3 is 57.0 Å². The SMILES string of the molecule is [Se]=C=NC1CCCC1. The molecule has 2 heteroatoms. The van der Waals surface area contributed by atoms with Crippen molar-refractivity contribution in [2.24, 2.45) is 4.99 Å². The Balaban J connectivity index is 2.35. The van der Waals surface area contributed by atoms with Crippen LogP contribution in [-0.4, -0.2) is 26.3 Å². The molecule has 0 aliphatic heterocycles. The van der Waals surface area contributed by atoms with Gasteiger partial charge in [0, 0.05) is 0 Å². The van der Waals surface area contributed by atoms with Crippen molar-refractivity contribution in [3.05, 3.63) is 0 Å². The molecule has 0 heterocycles. The van der Waals surface area contributed by atoms with E-state index in [1.165, 1.54) is 25.7 Å². The van der Waals surface area contributed by atoms with Crippen molar-refractivity contribution in [1.82, 2.24) is 0 Å². The summed E-state index contributed by atoms with van der Waals surface area (Å²) in [6, 6.07) is 0.594. The molecular formula is C6H9NSe. The summed E-state index contributed by atoms with van der Waals surface area (Å²) in [5, 5.41) is 0. The Bertz CT molecular complexity index is 110. The van der Waals surface area contributed by atoms with Gasteiger partial charge < -0.3 is 0 Å². The Morgan fingerprint density at radius 1 is 1.38 bits per heavy atom. The van der Waals surface area contributed by atoms with Crippen LogP contribution in [-0.2, 0) is 0 Å². The van der Waals surface area contributed by atoms with Gasteiger partial charge in [-0.05, 0) is 0 Å². The predicted molar refractivity (Wildman–Crippen MR) is 35.4 cm³/mol. The maximum atomic E-state index is 4.12. The Kier molecular flexibility index (Phi) is 2.48. The number of aliphatic imine (C=N–C) groups is 1. The summed E-state index contributed by atoms with van der Waals surface area (Å²) in [7, 11) is 0. The van der Waals surface area contributed by atoms with Crippen LogP contribution in [0.3, 0.4) is 0 Å². The standard InChI is InChI=1S/C6H9NSe/c8-5-7-6-3-1-2-4-6/h6H,1-4H2. The quantitative estimate of drug-likeness (QED) is 0.415. The first-order valence-corrected chi connectivity index (χ1v) is 3.86. The molecule has 1 saturated carbocycles. The van der Waals surface area contributed by atoms with E-state index < -0.39 is 0 Å². The zero-order valence-corrected chi connectivity index (χ0v) is 6.47. The second-order valence-corrected chi connectivity index (χ2v) is 2.54. The van der Waals surface area contributed by atoms with Gasteiger partial charge in [-0.2, -0.15) is 0 Å². The van der Waals surface area contributed by atoms with Crippen LogP contribution in [0.5, 0.6) is 0 Å². The molecule has 0 aromatic rings. The predicted octanol–water partition coefficient (Wildman–Crippen LogP) is 1.00. The Hall–Kier alpha value is 0.0995. The summed E-state index contributed by atoms with van der Waals surface area (Å²) >= 11 is 2.65. The van der Waals surface area contributed by atoms with E-state index in [1.54, 1.807) is 0 Å². The van der Waals surface area contributed by atoms with E-state index in [0.717, 1.165) is 0 Å². The number of hydrogen-bond acceptors (Lipinski definition) is 1. The molecule has 0 radical (unpaired) electrons. The van der Waals surface area contributed by atoms with Crippen LogP contribution in [0.25, 0.3) is 0 Å². The molecule has 0 atom stereocenters. The van der Waals surface area contributed by atoms with Gasteiger partial charge in [0.25, 0.3) is 0 Å². The van der Waals surface area contributed by atoms with E-state index in [-0.39, 0.29) is 0 Å². The van der Waals surface area contributed by atoms with Crippen LogP contribution < -0.4 is 0 Å². The van der Waals surface area contributed by atoms with Crippen LogP contribution >= 0.6 is 0 Å². The second-order valence-electron chi connectivity index (χ2n) is 2.16. The van der Waals surface area contributed by atoms with Gasteiger partial charge in [0.15, 0.2) is 0 Å². The molecule has 0 unspecified atom stereocenters. The summed E-state index contributed by atoms with van der Waals surface area (Å²) in [5.74, 6) is 0. The van der Waals surface area contributed by atoms with Gasteiger partial charge in [0.1, 0.15) is 0 Å². The van der Waals surface area contributed by atoms with Crippen molar-refractivity contribution in [1.29, 1.82) is 0 Å². The summed E-state index contributed by atoms with van der Waals surface area (Å²) in [6.07, 6.45) is 5.26. The molecule has 0 aromatic heterocycles. The van der Waals surface area contributed by atoms with Gasteiger partial charge in [-0.25, -0.2) is 0 Å². The molecule has 0 saturated heterocycles. The third-order valence-corrected chi connectivity index (χ3v) is 1.78. The summed E-state index contributed by atoms with van der Waals surface area (Å²) < 4.78 is 2.71. The van der Waals surface area contributed by atoms with Crippen molar-refractivity contribution >= 4 is 20.3 Å². The van der Waals surface area contributed by atoms with E-state index in [2.05, 4.69) is 25.3 Å². The average Bonchev–Trinajstić information content (AvgIpc) is 2.19. The summed E-state index contributed by atoms with van der Waals surface area (Å²) in [4.78, 5) is 4.12. The monoisotopic (exact) mass is 175 g/mol. The van der Waals surface area contributed by atoms with Gasteiger partial charge in [-0.15, -0.1) is 0 Å². The molecule has 1 aliphatic rings. The third kappa shape index (κ3) is 1.56. The van der Waals surface area contributed by atoms with Gasteiger partial charge in [0.2, 0.25) is 0 Å². The first kappa shape index (κ1) is 6.22. The number of hydrogen-bond donors (Lipinski definition) is 0. The third-order valence-electron chi connectivity index (χ3n) is 1.56. The van der Waals surface area contributed by atoms with E-state index in [1.807, 2.05) is 0 Å². The first-order valence-electron chi connectivity index (χ1n) is 3.00. The normalized spacial score (nSPS) is 20.5. The molecule has 1 rings (SSSR count). The molecular weight excluding hydrogens is 165 g/mol. The Labute approximate surface area is 57.6 Å². The van der Waals surface area contributed by atoms with Gasteiger partial charge in [0.05, 0.1) is 0 Å². The zero-order chi connectivity index (χ0) is 5.82. The fourth-order valence-corrected chi connectivity index (χ4v) is 1.42. The van der Waals surface area contributed by atoms with Crippen molar-refractivity contribution < 1.29 is 0 Å². The van der Waals surface area contributed by atoms with E-state index in [9.17, 15) is 0 Å². The van der Waals surface area contributed by atoms with E-state index in [4.69, 9.17) is 0 Å². The Morgan fingerprint density at radius 2 is 2.00 bits per heavy atom. The van der Waals surface area contributed by atoms with Crippen LogP contribution in [0.2, 0.25) is 0 Å². The molecule has 8 heavy (non-hydrogen) atoms. The van der Waals surface area contributed by atoms with Crippen molar-refractivity contribution in [3.8, 4) is 0 Å². The first-order chi connectivity index (χ1) is 3.93. The molecule has 0 spiro atoms. The fourth-order valence-electron chi connectivity index (χ4n) is 1.11. The van der Waals surface area contributed by atoms with Crippen LogP contribution in [0.4, 0.5) is 0 Å². The van der Waals surface area contributed by atoms with Gasteiger partial charge in [-0.3, -0.25) is 0 Å². The molecule has 1 fully saturated rings. The molecule has 0 N–H and O–H groups in total. The summed E-state index contributed by atoms with van der Waals surface area (Å²) in [6.45, 7) is 0. The van der Waals surface area contributed by atoms with Gasteiger partial charge in [-0.1, -0.05) is 0 Å². The van der Waals surface area contributed by atoms with Crippen LogP contribution in [0.15, 0.2) is 4.99 Å². The van der Waals surface area contributed by atoms with E-state index >= 15 is 0 Å². The Morgan fingerprint density at radius 3 is 2.50 bits per heavy atom. The minimum absolute atomic E-state index is 0.594. The minimum atomic E-state index is 0.594. The summed E-state index contributed by atoms with van der Waals surface area (Å²) in [5.41, 5.74) is 0. The van der Waals surface area contributed by atoms with Crippen molar-refractivity contribution in [2.45, 2.75) is 31.7 Å². The molecule has 0 amide bonds. The van der Waals surface area contributed by atoms with Crippen molar-refractivity contribution in [2.75, 3.05) is 0 Å². The molecule has 1 aliphatic carbocycles. The maximum absolute atomic E-state index is 4.12. The number of rotatable bonds is 1. The molecule has 0 bridgehead atoms. The van der Waals surface area contributed by atoms with E-state index in [0.29, 0.717) is 6.04 Å². The second kappa shape index (κ2) is 3.19. The molecule has 44 valence electrons. The zero-order valence-electron chi connectivity index (χ0n) is 4.76.